The maximum absolute atomic E-state index is 12.2. The van der Waals surface area contributed by atoms with Gasteiger partial charge in [-0.05, 0) is 25.0 Å². The van der Waals surface area contributed by atoms with E-state index < -0.39 is 17.4 Å². The molecule has 1 saturated heterocycles. The van der Waals surface area contributed by atoms with E-state index >= 15 is 0 Å². The third-order valence-electron chi connectivity index (χ3n) is 3.31. The molecule has 0 spiro atoms. The lowest BCUT2D eigenvalue weighted by Crippen LogP contribution is -2.42. The Bertz CT molecular complexity index is 664. The zero-order chi connectivity index (χ0) is 15.2. The number of carbonyl (C=O) groups is 2. The summed E-state index contributed by atoms with van der Waals surface area (Å²) in [4.78, 5) is 27.8. The molecule has 0 aliphatic carbocycles. The van der Waals surface area contributed by atoms with Crippen molar-refractivity contribution in [3.05, 3.63) is 41.4 Å². The van der Waals surface area contributed by atoms with Crippen molar-refractivity contribution >= 4 is 17.4 Å². The number of nitrogens with zero attached hydrogens (tertiary/aromatic N) is 3. The van der Waals surface area contributed by atoms with E-state index in [0.29, 0.717) is 6.54 Å². The van der Waals surface area contributed by atoms with Crippen molar-refractivity contribution < 1.29 is 14.4 Å². The van der Waals surface area contributed by atoms with Gasteiger partial charge in [0.2, 0.25) is 5.78 Å². The minimum Gasteiger partial charge on any atom is -0.360 e. The van der Waals surface area contributed by atoms with Crippen LogP contribution in [0.5, 0.6) is 0 Å². The third-order valence-corrected chi connectivity index (χ3v) is 3.31. The fourth-order valence-corrected chi connectivity index (χ4v) is 2.25. The molecule has 0 bridgehead atoms. The fourth-order valence-electron chi connectivity index (χ4n) is 2.25. The van der Waals surface area contributed by atoms with Gasteiger partial charge in [-0.1, -0.05) is 30.0 Å². The Hall–Kier alpha value is -2.70. The first-order valence-electron chi connectivity index (χ1n) is 6.74. The first-order valence-corrected chi connectivity index (χ1v) is 6.74. The molecule has 1 aromatic carbocycles. The number of hydrogen-bond acceptors (Lipinski definition) is 2. The smallest absolute Gasteiger partial charge is 0.360 e. The molecule has 0 saturated carbocycles. The largest absolute Gasteiger partial charge is 0.421 e. The standard InChI is InChI=1S/C16H15N3O2/c1-12(20)15(18-17)16(21)19-11-5-8-14(19)10-9-13-6-3-2-4-7-13/h2-4,6-7,14H,5,8,11H2,1H3. The minimum atomic E-state index is -0.560. The van der Waals surface area contributed by atoms with Crippen LogP contribution in [0.4, 0.5) is 0 Å². The quantitative estimate of drug-likeness (QED) is 0.269. The van der Waals surface area contributed by atoms with E-state index in [4.69, 9.17) is 5.53 Å². The maximum Gasteiger partial charge on any atom is 0.421 e. The molecule has 1 aliphatic heterocycles. The van der Waals surface area contributed by atoms with Crippen LogP contribution in [0, 0.1) is 11.8 Å². The number of rotatable bonds is 2. The van der Waals surface area contributed by atoms with Gasteiger partial charge in [-0.25, -0.2) is 0 Å². The summed E-state index contributed by atoms with van der Waals surface area (Å²) in [5, 5.41) is 0. The van der Waals surface area contributed by atoms with Crippen LogP contribution in [0.3, 0.4) is 0 Å². The Kier molecular flexibility index (Phi) is 4.65. The number of amides is 1. The van der Waals surface area contributed by atoms with Crippen molar-refractivity contribution in [1.82, 2.24) is 4.90 Å². The Morgan fingerprint density at radius 1 is 1.33 bits per heavy atom. The Balaban J connectivity index is 2.18. The molecular weight excluding hydrogens is 266 g/mol. The number of hydrogen-bond donors (Lipinski definition) is 0. The van der Waals surface area contributed by atoms with Gasteiger partial charge in [0, 0.05) is 19.0 Å². The van der Waals surface area contributed by atoms with Crippen LogP contribution >= 0.6 is 0 Å². The van der Waals surface area contributed by atoms with E-state index in [1.807, 2.05) is 30.3 Å². The van der Waals surface area contributed by atoms with Gasteiger partial charge >= 0.3 is 11.6 Å². The fraction of sp³-hybridized carbons (Fsp3) is 0.312. The summed E-state index contributed by atoms with van der Waals surface area (Å²) in [6.07, 6.45) is 1.57. The molecule has 5 nitrogen and oxygen atoms in total. The summed E-state index contributed by atoms with van der Waals surface area (Å²) < 4.78 is 0. The van der Waals surface area contributed by atoms with Gasteiger partial charge in [0.1, 0.15) is 0 Å². The monoisotopic (exact) mass is 281 g/mol. The lowest BCUT2D eigenvalue weighted by atomic mass is 10.1. The lowest BCUT2D eigenvalue weighted by Gasteiger charge is -2.17. The molecule has 2 rings (SSSR count). The molecule has 5 heteroatoms. The van der Waals surface area contributed by atoms with Crippen LogP contribution in [-0.4, -0.2) is 39.7 Å². The topological polar surface area (TPSA) is 73.8 Å². The zero-order valence-corrected chi connectivity index (χ0v) is 11.7. The summed E-state index contributed by atoms with van der Waals surface area (Å²) in [5.74, 6) is 4.97. The van der Waals surface area contributed by atoms with E-state index in [9.17, 15) is 9.59 Å². The predicted molar refractivity (Wildman–Crippen MR) is 77.4 cm³/mol. The molecule has 0 aromatic heterocycles. The van der Waals surface area contributed by atoms with Crippen LogP contribution in [0.1, 0.15) is 25.3 Å². The second kappa shape index (κ2) is 6.65. The molecular formula is C16H15N3O2. The molecule has 1 heterocycles. The highest BCUT2D eigenvalue weighted by molar-refractivity contribution is 6.63. The van der Waals surface area contributed by atoms with Crippen molar-refractivity contribution in [2.45, 2.75) is 25.8 Å². The molecule has 1 unspecified atom stereocenters. The van der Waals surface area contributed by atoms with Crippen molar-refractivity contribution in [1.29, 1.82) is 0 Å². The first kappa shape index (κ1) is 14.7. The van der Waals surface area contributed by atoms with Gasteiger partial charge in [0.25, 0.3) is 0 Å². The second-order valence-corrected chi connectivity index (χ2v) is 4.80. The average molecular weight is 281 g/mol. The Labute approximate surface area is 123 Å². The number of Topliss-reactive ketones (excluding diaryl/α,β-unsaturated/α-hetero) is 1. The molecule has 1 aromatic rings. The van der Waals surface area contributed by atoms with E-state index in [2.05, 4.69) is 16.6 Å². The van der Waals surface area contributed by atoms with Gasteiger partial charge in [-0.3, -0.25) is 9.59 Å². The maximum atomic E-state index is 12.2. The lowest BCUT2D eigenvalue weighted by molar-refractivity contribution is -0.131. The number of likely N-dealkylation sites (tertiary alicyclic amines) is 1. The zero-order valence-electron chi connectivity index (χ0n) is 11.7. The summed E-state index contributed by atoms with van der Waals surface area (Å²) in [7, 11) is 0. The van der Waals surface area contributed by atoms with Crippen molar-refractivity contribution in [2.24, 2.45) is 0 Å². The first-order chi connectivity index (χ1) is 10.1. The molecule has 0 N–H and O–H groups in total. The van der Waals surface area contributed by atoms with Gasteiger partial charge in [-0.2, -0.15) is 4.79 Å². The van der Waals surface area contributed by atoms with Crippen molar-refractivity contribution in [3.63, 3.8) is 0 Å². The molecule has 21 heavy (non-hydrogen) atoms. The summed E-state index contributed by atoms with van der Waals surface area (Å²) in [6.45, 7) is 1.72. The highest BCUT2D eigenvalue weighted by Gasteiger charge is 2.36. The minimum absolute atomic E-state index is 0.256. The average Bonchev–Trinajstić information content (AvgIpc) is 2.95. The summed E-state index contributed by atoms with van der Waals surface area (Å²) >= 11 is 0. The summed E-state index contributed by atoms with van der Waals surface area (Å²) in [5.41, 5.74) is 9.24. The van der Waals surface area contributed by atoms with Crippen LogP contribution in [0.25, 0.3) is 5.53 Å². The Morgan fingerprint density at radius 3 is 2.67 bits per heavy atom. The highest BCUT2D eigenvalue weighted by Crippen LogP contribution is 2.17. The van der Waals surface area contributed by atoms with Crippen LogP contribution in [0.2, 0.25) is 0 Å². The second-order valence-electron chi connectivity index (χ2n) is 4.80. The van der Waals surface area contributed by atoms with E-state index in [0.717, 1.165) is 18.4 Å². The van der Waals surface area contributed by atoms with Crippen LogP contribution in [-0.2, 0) is 9.59 Å². The third kappa shape index (κ3) is 3.44. The summed E-state index contributed by atoms with van der Waals surface area (Å²) in [6, 6.07) is 9.23. The van der Waals surface area contributed by atoms with E-state index in [-0.39, 0.29) is 6.04 Å². The molecule has 106 valence electrons. The molecule has 1 fully saturated rings. The number of carbonyl (C=O) groups excluding carboxylic acids is 2. The normalized spacial score (nSPS) is 16.6. The van der Waals surface area contributed by atoms with Gasteiger partial charge in [0.15, 0.2) is 0 Å². The van der Waals surface area contributed by atoms with Gasteiger partial charge in [-0.15, -0.1) is 0 Å². The molecule has 1 aliphatic rings. The van der Waals surface area contributed by atoms with Crippen molar-refractivity contribution in [2.75, 3.05) is 6.54 Å². The predicted octanol–water partition coefficient (Wildman–Crippen LogP) is 1.29. The number of ketones is 1. The Morgan fingerprint density at radius 2 is 2.05 bits per heavy atom. The SMILES string of the molecule is CC(=O)C(=[N+]=[N-])C(=O)N1CCCC1C#Cc1ccccc1. The van der Waals surface area contributed by atoms with Crippen LogP contribution < -0.4 is 0 Å². The number of benzene rings is 1. The van der Waals surface area contributed by atoms with Crippen molar-refractivity contribution in [3.8, 4) is 11.8 Å². The van der Waals surface area contributed by atoms with E-state index in [1.165, 1.54) is 11.8 Å². The molecule has 0 radical (unpaired) electrons. The molecule has 1 atom stereocenters. The van der Waals surface area contributed by atoms with Crippen LogP contribution in [0.15, 0.2) is 30.3 Å². The highest BCUT2D eigenvalue weighted by atomic mass is 16.2. The van der Waals surface area contributed by atoms with Gasteiger partial charge < -0.3 is 10.4 Å². The van der Waals surface area contributed by atoms with Gasteiger partial charge in [0.05, 0.1) is 6.04 Å². The molecule has 1 amide bonds. The van der Waals surface area contributed by atoms with E-state index in [1.54, 1.807) is 0 Å².